The Morgan fingerprint density at radius 3 is 0.667 bits per heavy atom. The summed E-state index contributed by atoms with van der Waals surface area (Å²) in [5.41, 5.74) is 0. The van der Waals surface area contributed by atoms with Gasteiger partial charge in [0, 0.05) is 26.4 Å². The second kappa shape index (κ2) is 56.4. The van der Waals surface area contributed by atoms with E-state index in [0.29, 0.717) is 0 Å². The van der Waals surface area contributed by atoms with E-state index in [4.69, 9.17) is 9.47 Å². The number of hydrogen-bond donors (Lipinski definition) is 0. The molecule has 0 N–H and O–H groups in total. The van der Waals surface area contributed by atoms with Crippen molar-refractivity contribution in [1.29, 1.82) is 0 Å². The Morgan fingerprint density at radius 2 is 0.667 bits per heavy atom. The van der Waals surface area contributed by atoms with Gasteiger partial charge in [0.15, 0.2) is 0 Å². The molecule has 0 amide bonds. The average molecular weight is 469 g/mol. The topological polar surface area (TPSA) is 18.5 Å². The molecular formula is C8H20Cl4HfO2. The normalized spacial score (nSPS) is 5.60. The molecule has 15 heavy (non-hydrogen) atoms. The Balaban J connectivity index is -0.0000000128. The Bertz CT molecular complexity index is 45.6. The van der Waals surface area contributed by atoms with Crippen molar-refractivity contribution in [3.63, 3.8) is 0 Å². The summed E-state index contributed by atoms with van der Waals surface area (Å²) in [5.74, 6) is 0. The molecule has 0 aliphatic heterocycles. The smallest absolute Gasteiger partial charge is 1.00 e. The molecule has 0 aromatic heterocycles. The third kappa shape index (κ3) is 87.7. The summed E-state index contributed by atoms with van der Waals surface area (Å²) in [6, 6.07) is 0. The van der Waals surface area contributed by atoms with Gasteiger partial charge in [-0.15, -0.1) is 0 Å². The van der Waals surface area contributed by atoms with E-state index in [2.05, 4.69) is 0 Å². The summed E-state index contributed by atoms with van der Waals surface area (Å²) in [7, 11) is 0. The molecule has 0 spiro atoms. The van der Waals surface area contributed by atoms with Crippen molar-refractivity contribution in [2.75, 3.05) is 26.4 Å². The largest absolute Gasteiger partial charge is 4.00 e. The predicted octanol–water partition coefficient (Wildman–Crippen LogP) is -9.90. The number of halogens is 4. The van der Waals surface area contributed by atoms with Gasteiger partial charge >= 0.3 is 25.8 Å². The van der Waals surface area contributed by atoms with E-state index in [1.807, 2.05) is 27.7 Å². The van der Waals surface area contributed by atoms with E-state index in [1.54, 1.807) is 0 Å². The van der Waals surface area contributed by atoms with Crippen molar-refractivity contribution in [3.05, 3.63) is 0 Å². The SMILES string of the molecule is CCOCC.CCOCC.[Cl-].[Cl-].[Cl-].[Cl-].[Hf+4]. The molecule has 0 fully saturated rings. The monoisotopic (exact) mass is 468 g/mol. The van der Waals surface area contributed by atoms with Crippen LogP contribution in [0.1, 0.15) is 27.7 Å². The first kappa shape index (κ1) is 43.6. The molecule has 0 heterocycles. The molecule has 0 rings (SSSR count). The second-order valence-electron chi connectivity index (χ2n) is 1.56. The predicted molar refractivity (Wildman–Crippen MR) is 44.3 cm³/mol. The van der Waals surface area contributed by atoms with Crippen LogP contribution in [0.25, 0.3) is 0 Å². The molecule has 0 aliphatic rings. The molecule has 0 aromatic rings. The maximum absolute atomic E-state index is 4.83. The van der Waals surface area contributed by atoms with Crippen molar-refractivity contribution in [2.24, 2.45) is 0 Å². The Morgan fingerprint density at radius 1 is 0.533 bits per heavy atom. The zero-order valence-corrected chi connectivity index (χ0v) is 16.3. The van der Waals surface area contributed by atoms with Crippen LogP contribution in [0.3, 0.4) is 0 Å². The van der Waals surface area contributed by atoms with Crippen molar-refractivity contribution in [3.8, 4) is 0 Å². The Labute approximate surface area is 138 Å². The van der Waals surface area contributed by atoms with E-state index < -0.39 is 0 Å². The maximum Gasteiger partial charge on any atom is 4.00 e. The Hall–Kier alpha value is 1.95. The van der Waals surface area contributed by atoms with Crippen LogP contribution in [-0.4, -0.2) is 26.4 Å². The van der Waals surface area contributed by atoms with E-state index in [0.717, 1.165) is 26.4 Å². The molecule has 0 aliphatic carbocycles. The van der Waals surface area contributed by atoms with Crippen LogP contribution in [-0.2, 0) is 35.3 Å². The minimum atomic E-state index is 0. The molecule has 0 unspecified atom stereocenters. The quantitative estimate of drug-likeness (QED) is 0.382. The summed E-state index contributed by atoms with van der Waals surface area (Å²) in [6.45, 7) is 11.3. The van der Waals surface area contributed by atoms with E-state index >= 15 is 0 Å². The third-order valence-corrected chi connectivity index (χ3v) is 0.816. The first-order valence-corrected chi connectivity index (χ1v) is 3.98. The summed E-state index contributed by atoms with van der Waals surface area (Å²) in [6.07, 6.45) is 0. The van der Waals surface area contributed by atoms with Gasteiger partial charge in [-0.2, -0.15) is 0 Å². The van der Waals surface area contributed by atoms with Crippen molar-refractivity contribution in [1.82, 2.24) is 0 Å². The van der Waals surface area contributed by atoms with Gasteiger partial charge in [0.25, 0.3) is 0 Å². The summed E-state index contributed by atoms with van der Waals surface area (Å²) < 4.78 is 9.67. The minimum absolute atomic E-state index is 0. The van der Waals surface area contributed by atoms with Gasteiger partial charge < -0.3 is 59.1 Å². The molecule has 0 bridgehead atoms. The van der Waals surface area contributed by atoms with Gasteiger partial charge in [-0.25, -0.2) is 0 Å². The van der Waals surface area contributed by atoms with E-state index in [9.17, 15) is 0 Å². The van der Waals surface area contributed by atoms with Gasteiger partial charge in [0.2, 0.25) is 0 Å². The van der Waals surface area contributed by atoms with Gasteiger partial charge in [0.05, 0.1) is 0 Å². The third-order valence-electron chi connectivity index (χ3n) is 0.816. The van der Waals surface area contributed by atoms with Crippen LogP contribution in [0, 0.1) is 0 Å². The number of hydrogen-bond acceptors (Lipinski definition) is 2. The molecule has 2 nitrogen and oxygen atoms in total. The van der Waals surface area contributed by atoms with Gasteiger partial charge in [-0.1, -0.05) is 0 Å². The summed E-state index contributed by atoms with van der Waals surface area (Å²) in [4.78, 5) is 0. The van der Waals surface area contributed by atoms with Crippen LogP contribution in [0.5, 0.6) is 0 Å². The van der Waals surface area contributed by atoms with Crippen LogP contribution >= 0.6 is 0 Å². The molecule has 96 valence electrons. The standard InChI is InChI=1S/2C4H10O.4ClH.Hf/c2*1-3-5-4-2;;;;;/h2*3-4H2,1-2H3;4*1H;/q;;;;;;+4/p-4. The Kier molecular flexibility index (Phi) is 164. The second-order valence-corrected chi connectivity index (χ2v) is 1.56. The molecule has 0 atom stereocenters. The molecule has 0 saturated heterocycles. The summed E-state index contributed by atoms with van der Waals surface area (Å²) in [5, 5.41) is 0. The molecule has 0 aromatic carbocycles. The fourth-order valence-electron chi connectivity index (χ4n) is 0.408. The minimum Gasteiger partial charge on any atom is -1.00 e. The molecule has 7 heteroatoms. The van der Waals surface area contributed by atoms with Crippen LogP contribution in [0.15, 0.2) is 0 Å². The van der Waals surface area contributed by atoms with Crippen LogP contribution < -0.4 is 49.6 Å². The number of rotatable bonds is 4. The fourth-order valence-corrected chi connectivity index (χ4v) is 0.408. The fraction of sp³-hybridized carbons (Fsp3) is 1.00. The van der Waals surface area contributed by atoms with Gasteiger partial charge in [-0.3, -0.25) is 0 Å². The molecule has 0 radical (unpaired) electrons. The first-order chi connectivity index (χ1) is 4.83. The zero-order valence-electron chi connectivity index (χ0n) is 9.66. The van der Waals surface area contributed by atoms with Crippen molar-refractivity contribution < 1.29 is 84.9 Å². The van der Waals surface area contributed by atoms with Crippen molar-refractivity contribution in [2.45, 2.75) is 27.7 Å². The average Bonchev–Trinajstić information content (AvgIpc) is 1.93. The van der Waals surface area contributed by atoms with Gasteiger partial charge in [-0.05, 0) is 27.7 Å². The van der Waals surface area contributed by atoms with E-state index in [1.165, 1.54) is 0 Å². The maximum atomic E-state index is 4.83. The van der Waals surface area contributed by atoms with Crippen LogP contribution in [0.2, 0.25) is 0 Å². The zero-order chi connectivity index (χ0) is 8.24. The number of ether oxygens (including phenoxy) is 2. The van der Waals surface area contributed by atoms with Gasteiger partial charge in [0.1, 0.15) is 0 Å². The summed E-state index contributed by atoms with van der Waals surface area (Å²) >= 11 is 0. The van der Waals surface area contributed by atoms with Crippen molar-refractivity contribution >= 4 is 0 Å². The molecular weight excluding hydrogens is 448 g/mol. The molecule has 0 saturated carbocycles. The van der Waals surface area contributed by atoms with E-state index in [-0.39, 0.29) is 75.5 Å². The van der Waals surface area contributed by atoms with Crippen LogP contribution in [0.4, 0.5) is 0 Å². The first-order valence-electron chi connectivity index (χ1n) is 3.98.